The average Bonchev–Trinajstić information content (AvgIpc) is 2.33. The van der Waals surface area contributed by atoms with E-state index in [1.54, 1.807) is 0 Å². The Kier molecular flexibility index (Phi) is 5.79. The molecular formula is C15H30N2. The molecule has 1 aliphatic heterocycles. The van der Waals surface area contributed by atoms with E-state index >= 15 is 0 Å². The molecule has 1 unspecified atom stereocenters. The lowest BCUT2D eigenvalue weighted by atomic mass is 9.90. The van der Waals surface area contributed by atoms with E-state index in [0.29, 0.717) is 0 Å². The third kappa shape index (κ3) is 4.59. The molecule has 0 amide bonds. The summed E-state index contributed by atoms with van der Waals surface area (Å²) < 4.78 is 0. The zero-order chi connectivity index (χ0) is 11.9. The third-order valence-corrected chi connectivity index (χ3v) is 4.67. The first-order chi connectivity index (χ1) is 8.36. The van der Waals surface area contributed by atoms with E-state index in [0.717, 1.165) is 12.0 Å². The minimum atomic E-state index is 0.800. The van der Waals surface area contributed by atoms with Crippen molar-refractivity contribution in [1.82, 2.24) is 10.2 Å². The first-order valence-electron chi connectivity index (χ1n) is 7.77. The Morgan fingerprint density at radius 1 is 0.941 bits per heavy atom. The summed E-state index contributed by atoms with van der Waals surface area (Å²) in [4.78, 5) is 2.64. The van der Waals surface area contributed by atoms with E-state index in [1.165, 1.54) is 77.4 Å². The van der Waals surface area contributed by atoms with E-state index in [9.17, 15) is 0 Å². The van der Waals surface area contributed by atoms with Crippen LogP contribution in [0.5, 0.6) is 0 Å². The topological polar surface area (TPSA) is 15.3 Å². The standard InChI is InChI=1S/C15H30N2/c1-17(15-10-7-11-16-12-15)13-14-8-5-3-2-4-6-9-14/h14-16H,2-13H2,1H3. The Balaban J connectivity index is 1.73. The van der Waals surface area contributed by atoms with Crippen molar-refractivity contribution in [3.8, 4) is 0 Å². The molecule has 1 N–H and O–H groups in total. The van der Waals surface area contributed by atoms with Gasteiger partial charge < -0.3 is 10.2 Å². The van der Waals surface area contributed by atoms with Crippen molar-refractivity contribution in [2.75, 3.05) is 26.7 Å². The summed E-state index contributed by atoms with van der Waals surface area (Å²) in [5, 5.41) is 3.53. The van der Waals surface area contributed by atoms with Crippen molar-refractivity contribution in [2.45, 2.75) is 63.8 Å². The molecule has 100 valence electrons. The lowest BCUT2D eigenvalue weighted by molar-refractivity contribution is 0.163. The average molecular weight is 238 g/mol. The van der Waals surface area contributed by atoms with E-state index in [-0.39, 0.29) is 0 Å². The van der Waals surface area contributed by atoms with E-state index in [1.807, 2.05) is 0 Å². The Morgan fingerprint density at radius 3 is 2.29 bits per heavy atom. The molecule has 0 spiro atoms. The van der Waals surface area contributed by atoms with E-state index in [4.69, 9.17) is 0 Å². The molecule has 1 aliphatic carbocycles. The number of nitrogens with zero attached hydrogens (tertiary/aromatic N) is 1. The summed E-state index contributed by atoms with van der Waals surface area (Å²) in [5.74, 6) is 0.974. The highest BCUT2D eigenvalue weighted by atomic mass is 15.2. The fourth-order valence-electron chi connectivity index (χ4n) is 3.49. The van der Waals surface area contributed by atoms with Crippen LogP contribution in [0, 0.1) is 5.92 Å². The van der Waals surface area contributed by atoms with Gasteiger partial charge in [-0.1, -0.05) is 32.1 Å². The van der Waals surface area contributed by atoms with Crippen LogP contribution < -0.4 is 5.32 Å². The molecule has 0 aromatic rings. The van der Waals surface area contributed by atoms with Crippen LogP contribution in [-0.2, 0) is 0 Å². The van der Waals surface area contributed by atoms with Crippen molar-refractivity contribution in [1.29, 1.82) is 0 Å². The van der Waals surface area contributed by atoms with Crippen LogP contribution in [0.3, 0.4) is 0 Å². The van der Waals surface area contributed by atoms with Gasteiger partial charge in [0.25, 0.3) is 0 Å². The number of likely N-dealkylation sites (N-methyl/N-ethyl adjacent to an activating group) is 1. The summed E-state index contributed by atoms with van der Waals surface area (Å²) in [6, 6.07) is 0.800. The van der Waals surface area contributed by atoms with Crippen LogP contribution in [0.25, 0.3) is 0 Å². The Morgan fingerprint density at radius 2 is 1.65 bits per heavy atom. The quantitative estimate of drug-likeness (QED) is 0.813. The van der Waals surface area contributed by atoms with Crippen LogP contribution in [0.2, 0.25) is 0 Å². The molecule has 1 saturated heterocycles. The maximum Gasteiger partial charge on any atom is 0.0218 e. The summed E-state index contributed by atoms with van der Waals surface area (Å²) in [6.07, 6.45) is 13.1. The van der Waals surface area contributed by atoms with Gasteiger partial charge in [0, 0.05) is 19.1 Å². The maximum atomic E-state index is 3.53. The summed E-state index contributed by atoms with van der Waals surface area (Å²) in [6.45, 7) is 3.78. The van der Waals surface area contributed by atoms with Crippen molar-refractivity contribution in [3.63, 3.8) is 0 Å². The van der Waals surface area contributed by atoms with Crippen LogP contribution in [0.15, 0.2) is 0 Å². The van der Waals surface area contributed by atoms with Gasteiger partial charge in [-0.05, 0) is 45.2 Å². The molecule has 0 aromatic carbocycles. The van der Waals surface area contributed by atoms with Gasteiger partial charge in [-0.25, -0.2) is 0 Å². The van der Waals surface area contributed by atoms with Crippen LogP contribution >= 0.6 is 0 Å². The molecule has 0 radical (unpaired) electrons. The monoisotopic (exact) mass is 238 g/mol. The van der Waals surface area contributed by atoms with Crippen molar-refractivity contribution < 1.29 is 0 Å². The van der Waals surface area contributed by atoms with Gasteiger partial charge in [0.1, 0.15) is 0 Å². The van der Waals surface area contributed by atoms with Crippen molar-refractivity contribution in [3.05, 3.63) is 0 Å². The molecule has 1 atom stereocenters. The highest BCUT2D eigenvalue weighted by molar-refractivity contribution is 4.78. The molecule has 0 bridgehead atoms. The van der Waals surface area contributed by atoms with Crippen LogP contribution in [0.4, 0.5) is 0 Å². The van der Waals surface area contributed by atoms with Gasteiger partial charge >= 0.3 is 0 Å². The molecule has 0 aromatic heterocycles. The maximum absolute atomic E-state index is 3.53. The molecular weight excluding hydrogens is 208 g/mol. The highest BCUT2D eigenvalue weighted by Gasteiger charge is 2.20. The Labute approximate surface area is 107 Å². The number of rotatable bonds is 3. The van der Waals surface area contributed by atoms with Gasteiger partial charge in [0.05, 0.1) is 0 Å². The van der Waals surface area contributed by atoms with E-state index in [2.05, 4.69) is 17.3 Å². The largest absolute Gasteiger partial charge is 0.315 e. The molecule has 2 aliphatic rings. The SMILES string of the molecule is CN(CC1CCCCCCC1)C1CCCNC1. The second-order valence-corrected chi connectivity index (χ2v) is 6.15. The van der Waals surface area contributed by atoms with Crippen LogP contribution in [0.1, 0.15) is 57.8 Å². The third-order valence-electron chi connectivity index (χ3n) is 4.67. The minimum Gasteiger partial charge on any atom is -0.315 e. The second-order valence-electron chi connectivity index (χ2n) is 6.15. The lowest BCUT2D eigenvalue weighted by Crippen LogP contribution is -2.45. The Bertz CT molecular complexity index is 191. The van der Waals surface area contributed by atoms with Crippen molar-refractivity contribution in [2.24, 2.45) is 5.92 Å². The van der Waals surface area contributed by atoms with Gasteiger partial charge in [0.2, 0.25) is 0 Å². The lowest BCUT2D eigenvalue weighted by Gasteiger charge is -2.34. The first-order valence-corrected chi connectivity index (χ1v) is 7.77. The van der Waals surface area contributed by atoms with Gasteiger partial charge in [0.15, 0.2) is 0 Å². The number of nitrogens with one attached hydrogen (secondary N) is 1. The smallest absolute Gasteiger partial charge is 0.0218 e. The zero-order valence-corrected chi connectivity index (χ0v) is 11.6. The highest BCUT2D eigenvalue weighted by Crippen LogP contribution is 2.23. The van der Waals surface area contributed by atoms with Crippen molar-refractivity contribution >= 4 is 0 Å². The first kappa shape index (κ1) is 13.4. The normalized spacial score (nSPS) is 28.9. The molecule has 1 heterocycles. The minimum absolute atomic E-state index is 0.800. The fourth-order valence-corrected chi connectivity index (χ4v) is 3.49. The summed E-state index contributed by atoms with van der Waals surface area (Å²) in [5.41, 5.74) is 0. The zero-order valence-electron chi connectivity index (χ0n) is 11.6. The number of hydrogen-bond acceptors (Lipinski definition) is 2. The molecule has 1 saturated carbocycles. The summed E-state index contributed by atoms with van der Waals surface area (Å²) in [7, 11) is 2.34. The summed E-state index contributed by atoms with van der Waals surface area (Å²) >= 11 is 0. The number of hydrogen-bond donors (Lipinski definition) is 1. The molecule has 2 rings (SSSR count). The van der Waals surface area contributed by atoms with E-state index < -0.39 is 0 Å². The van der Waals surface area contributed by atoms with Gasteiger partial charge in [-0.3, -0.25) is 0 Å². The second kappa shape index (κ2) is 7.38. The molecule has 2 fully saturated rings. The predicted molar refractivity (Wildman–Crippen MR) is 74.3 cm³/mol. The predicted octanol–water partition coefficient (Wildman–Crippen LogP) is 3.03. The molecule has 2 nitrogen and oxygen atoms in total. The Hall–Kier alpha value is -0.0800. The number of piperidine rings is 1. The molecule has 2 heteroatoms. The molecule has 17 heavy (non-hydrogen) atoms. The fraction of sp³-hybridized carbons (Fsp3) is 1.00. The van der Waals surface area contributed by atoms with Crippen LogP contribution in [-0.4, -0.2) is 37.6 Å². The van der Waals surface area contributed by atoms with Gasteiger partial charge in [-0.2, -0.15) is 0 Å². The van der Waals surface area contributed by atoms with Gasteiger partial charge in [-0.15, -0.1) is 0 Å².